The number of rotatable bonds is 3. The Morgan fingerprint density at radius 1 is 1.18 bits per heavy atom. The molecule has 0 saturated carbocycles. The monoisotopic (exact) mass is 325 g/mol. The summed E-state index contributed by atoms with van der Waals surface area (Å²) in [6.07, 6.45) is -0.321. The SMILES string of the molecule is CCOC(=O)N1CCN(C(=O)NCc2ccccc2Cl)CC1. The van der Waals surface area contributed by atoms with Crippen molar-refractivity contribution in [2.24, 2.45) is 0 Å². The fraction of sp³-hybridized carbons (Fsp3) is 0.467. The fourth-order valence-electron chi connectivity index (χ4n) is 2.23. The van der Waals surface area contributed by atoms with Crippen molar-refractivity contribution in [2.75, 3.05) is 32.8 Å². The van der Waals surface area contributed by atoms with Gasteiger partial charge in [0, 0.05) is 37.7 Å². The van der Waals surface area contributed by atoms with Gasteiger partial charge in [-0.25, -0.2) is 9.59 Å². The van der Waals surface area contributed by atoms with Gasteiger partial charge in [-0.15, -0.1) is 0 Å². The van der Waals surface area contributed by atoms with Gasteiger partial charge in [-0.3, -0.25) is 0 Å². The number of piperazine rings is 1. The number of benzene rings is 1. The molecule has 1 heterocycles. The van der Waals surface area contributed by atoms with E-state index in [0.717, 1.165) is 5.56 Å². The van der Waals surface area contributed by atoms with E-state index in [4.69, 9.17) is 16.3 Å². The van der Waals surface area contributed by atoms with Crippen LogP contribution in [0.15, 0.2) is 24.3 Å². The van der Waals surface area contributed by atoms with Gasteiger partial charge in [-0.1, -0.05) is 29.8 Å². The summed E-state index contributed by atoms with van der Waals surface area (Å²) in [5.74, 6) is 0. The molecular weight excluding hydrogens is 306 g/mol. The average molecular weight is 326 g/mol. The number of urea groups is 1. The van der Waals surface area contributed by atoms with E-state index >= 15 is 0 Å². The topological polar surface area (TPSA) is 61.9 Å². The Hall–Kier alpha value is -1.95. The second-order valence-electron chi connectivity index (χ2n) is 4.92. The van der Waals surface area contributed by atoms with E-state index in [9.17, 15) is 9.59 Å². The normalized spacial score (nSPS) is 14.6. The number of amides is 3. The molecule has 0 bridgehead atoms. The predicted molar refractivity (Wildman–Crippen MR) is 83.9 cm³/mol. The first kappa shape index (κ1) is 16.4. The van der Waals surface area contributed by atoms with E-state index in [2.05, 4.69) is 5.32 Å². The van der Waals surface area contributed by atoms with Crippen LogP contribution in [0.1, 0.15) is 12.5 Å². The van der Waals surface area contributed by atoms with E-state index in [1.807, 2.05) is 18.2 Å². The summed E-state index contributed by atoms with van der Waals surface area (Å²) in [4.78, 5) is 27.0. The van der Waals surface area contributed by atoms with Crippen LogP contribution in [0.2, 0.25) is 5.02 Å². The number of carbonyl (C=O) groups is 2. The summed E-state index contributed by atoms with van der Waals surface area (Å²) >= 11 is 6.05. The summed E-state index contributed by atoms with van der Waals surface area (Å²) in [7, 11) is 0. The van der Waals surface area contributed by atoms with E-state index in [1.54, 1.807) is 22.8 Å². The van der Waals surface area contributed by atoms with Crippen molar-refractivity contribution >= 4 is 23.7 Å². The van der Waals surface area contributed by atoms with Crippen molar-refractivity contribution in [2.45, 2.75) is 13.5 Å². The lowest BCUT2D eigenvalue weighted by atomic mass is 10.2. The Bertz CT molecular complexity index is 531. The third-order valence-electron chi connectivity index (χ3n) is 3.48. The molecule has 1 saturated heterocycles. The average Bonchev–Trinajstić information content (AvgIpc) is 2.54. The molecule has 1 aliphatic heterocycles. The van der Waals surface area contributed by atoms with Crippen molar-refractivity contribution in [3.8, 4) is 0 Å². The van der Waals surface area contributed by atoms with Crippen molar-refractivity contribution in [1.82, 2.24) is 15.1 Å². The van der Waals surface area contributed by atoms with Crippen LogP contribution < -0.4 is 5.32 Å². The molecule has 2 rings (SSSR count). The Morgan fingerprint density at radius 3 is 2.45 bits per heavy atom. The van der Waals surface area contributed by atoms with Crippen LogP contribution in [0.5, 0.6) is 0 Å². The van der Waals surface area contributed by atoms with E-state index in [1.165, 1.54) is 0 Å². The summed E-state index contributed by atoms with van der Waals surface area (Å²) < 4.78 is 4.95. The molecule has 1 N–H and O–H groups in total. The molecule has 3 amide bonds. The Labute approximate surface area is 135 Å². The van der Waals surface area contributed by atoms with E-state index in [0.29, 0.717) is 44.4 Å². The minimum absolute atomic E-state index is 0.150. The Morgan fingerprint density at radius 2 is 1.82 bits per heavy atom. The highest BCUT2D eigenvalue weighted by Crippen LogP contribution is 2.14. The summed E-state index contributed by atoms with van der Waals surface area (Å²) in [5.41, 5.74) is 0.877. The highest BCUT2D eigenvalue weighted by atomic mass is 35.5. The van der Waals surface area contributed by atoms with Gasteiger partial charge < -0.3 is 19.9 Å². The van der Waals surface area contributed by atoms with Crippen molar-refractivity contribution in [3.05, 3.63) is 34.9 Å². The number of hydrogen-bond donors (Lipinski definition) is 1. The maximum atomic E-state index is 12.1. The predicted octanol–water partition coefficient (Wildman–Crippen LogP) is 2.32. The van der Waals surface area contributed by atoms with Crippen LogP contribution in [0.4, 0.5) is 9.59 Å². The lowest BCUT2D eigenvalue weighted by Crippen LogP contribution is -2.53. The molecule has 1 aromatic rings. The molecule has 6 nitrogen and oxygen atoms in total. The molecule has 0 atom stereocenters. The third kappa shape index (κ3) is 4.27. The number of carbonyl (C=O) groups excluding carboxylic acids is 2. The quantitative estimate of drug-likeness (QED) is 0.927. The number of hydrogen-bond acceptors (Lipinski definition) is 3. The molecule has 1 fully saturated rings. The van der Waals surface area contributed by atoms with Crippen LogP contribution in [0, 0.1) is 0 Å². The van der Waals surface area contributed by atoms with Crippen LogP contribution in [0.25, 0.3) is 0 Å². The maximum absolute atomic E-state index is 12.1. The van der Waals surface area contributed by atoms with Gasteiger partial charge in [0.25, 0.3) is 0 Å². The van der Waals surface area contributed by atoms with Gasteiger partial charge >= 0.3 is 12.1 Å². The first-order chi connectivity index (χ1) is 10.6. The molecule has 1 aliphatic rings. The minimum Gasteiger partial charge on any atom is -0.450 e. The molecule has 0 aliphatic carbocycles. The molecule has 22 heavy (non-hydrogen) atoms. The van der Waals surface area contributed by atoms with Gasteiger partial charge in [0.1, 0.15) is 0 Å². The summed E-state index contributed by atoms with van der Waals surface area (Å²) in [5, 5.41) is 3.48. The third-order valence-corrected chi connectivity index (χ3v) is 3.85. The molecule has 120 valence electrons. The largest absolute Gasteiger partial charge is 0.450 e. The van der Waals surface area contributed by atoms with Gasteiger partial charge in [0.05, 0.1) is 6.61 Å². The van der Waals surface area contributed by atoms with Gasteiger partial charge in [-0.05, 0) is 18.6 Å². The first-order valence-corrected chi connectivity index (χ1v) is 7.67. The molecule has 0 spiro atoms. The zero-order chi connectivity index (χ0) is 15.9. The van der Waals surface area contributed by atoms with Crippen molar-refractivity contribution in [1.29, 1.82) is 0 Å². The lowest BCUT2D eigenvalue weighted by Gasteiger charge is -2.34. The summed E-state index contributed by atoms with van der Waals surface area (Å²) in [6, 6.07) is 7.25. The molecule has 0 unspecified atom stereocenters. The van der Waals surface area contributed by atoms with Crippen molar-refractivity contribution < 1.29 is 14.3 Å². The van der Waals surface area contributed by atoms with Gasteiger partial charge in [0.2, 0.25) is 0 Å². The van der Waals surface area contributed by atoms with Crippen LogP contribution >= 0.6 is 11.6 Å². The number of nitrogens with zero attached hydrogens (tertiary/aromatic N) is 2. The van der Waals surface area contributed by atoms with Gasteiger partial charge in [-0.2, -0.15) is 0 Å². The number of nitrogens with one attached hydrogen (secondary N) is 1. The fourth-order valence-corrected chi connectivity index (χ4v) is 2.43. The van der Waals surface area contributed by atoms with Crippen LogP contribution in [-0.4, -0.2) is 54.7 Å². The standard InChI is InChI=1S/C15H20ClN3O3/c1-2-22-15(21)19-9-7-18(8-10-19)14(20)17-11-12-5-3-4-6-13(12)16/h3-6H,2,7-11H2,1H3,(H,17,20). The molecule has 1 aromatic carbocycles. The smallest absolute Gasteiger partial charge is 0.409 e. The maximum Gasteiger partial charge on any atom is 0.409 e. The first-order valence-electron chi connectivity index (χ1n) is 7.29. The van der Waals surface area contributed by atoms with Crippen LogP contribution in [0.3, 0.4) is 0 Å². The Balaban J connectivity index is 1.78. The summed E-state index contributed by atoms with van der Waals surface area (Å²) in [6.45, 7) is 4.47. The second kappa shape index (κ2) is 7.89. The molecular formula is C15H20ClN3O3. The van der Waals surface area contributed by atoms with E-state index in [-0.39, 0.29) is 12.1 Å². The second-order valence-corrected chi connectivity index (χ2v) is 5.33. The van der Waals surface area contributed by atoms with Crippen molar-refractivity contribution in [3.63, 3.8) is 0 Å². The highest BCUT2D eigenvalue weighted by molar-refractivity contribution is 6.31. The number of halogens is 1. The zero-order valence-corrected chi connectivity index (χ0v) is 13.3. The zero-order valence-electron chi connectivity index (χ0n) is 12.5. The molecule has 0 radical (unpaired) electrons. The lowest BCUT2D eigenvalue weighted by molar-refractivity contribution is 0.0851. The highest BCUT2D eigenvalue weighted by Gasteiger charge is 2.24. The molecule has 7 heteroatoms. The van der Waals surface area contributed by atoms with Gasteiger partial charge in [0.15, 0.2) is 0 Å². The van der Waals surface area contributed by atoms with E-state index < -0.39 is 0 Å². The minimum atomic E-state index is -0.321. The number of ether oxygens (including phenoxy) is 1. The Kier molecular flexibility index (Phi) is 5.89. The molecule has 0 aromatic heterocycles. The van der Waals surface area contributed by atoms with Crippen LogP contribution in [-0.2, 0) is 11.3 Å².